The molecule has 4 nitrogen and oxygen atoms in total. The molecule has 0 fully saturated rings. The zero-order valence-electron chi connectivity index (χ0n) is 12.4. The molecule has 2 N–H and O–H groups in total. The molecule has 1 aliphatic heterocycles. The predicted octanol–water partition coefficient (Wildman–Crippen LogP) is 3.40. The molecule has 1 aromatic heterocycles. The Morgan fingerprint density at radius 2 is 2.14 bits per heavy atom. The van der Waals surface area contributed by atoms with Crippen LogP contribution in [0, 0.1) is 0 Å². The van der Waals surface area contributed by atoms with Crippen molar-refractivity contribution in [1.29, 1.82) is 0 Å². The van der Waals surface area contributed by atoms with Gasteiger partial charge in [0.15, 0.2) is 0 Å². The van der Waals surface area contributed by atoms with Crippen LogP contribution in [0.2, 0.25) is 0 Å². The SMILES string of the molecule is CCC(C)c1ccnc(C(C)C2=NC(N)C(=S)C(Cl)=N2)c1. The Kier molecular flexibility index (Phi) is 5.19. The number of thiocarbonyl (C=S) groups is 1. The summed E-state index contributed by atoms with van der Waals surface area (Å²) in [7, 11) is 0. The summed E-state index contributed by atoms with van der Waals surface area (Å²) in [5, 5.41) is 0.257. The highest BCUT2D eigenvalue weighted by molar-refractivity contribution is 7.82. The van der Waals surface area contributed by atoms with E-state index in [4.69, 9.17) is 29.6 Å². The first-order valence-corrected chi connectivity index (χ1v) is 7.80. The maximum Gasteiger partial charge on any atom is 0.148 e. The van der Waals surface area contributed by atoms with Gasteiger partial charge in [-0.2, -0.15) is 0 Å². The summed E-state index contributed by atoms with van der Waals surface area (Å²) < 4.78 is 0. The molecule has 6 heteroatoms. The van der Waals surface area contributed by atoms with Gasteiger partial charge < -0.3 is 5.73 Å². The van der Waals surface area contributed by atoms with Crippen molar-refractivity contribution in [3.63, 3.8) is 0 Å². The van der Waals surface area contributed by atoms with E-state index in [9.17, 15) is 0 Å². The fraction of sp³-hybridized carbons (Fsp3) is 0.467. The van der Waals surface area contributed by atoms with Crippen LogP contribution in [0.5, 0.6) is 0 Å². The van der Waals surface area contributed by atoms with Crippen molar-refractivity contribution in [2.45, 2.75) is 45.2 Å². The minimum Gasteiger partial charge on any atom is -0.305 e. The minimum absolute atomic E-state index is 0.0723. The predicted molar refractivity (Wildman–Crippen MR) is 92.7 cm³/mol. The quantitative estimate of drug-likeness (QED) is 0.864. The highest BCUT2D eigenvalue weighted by Crippen LogP contribution is 2.24. The van der Waals surface area contributed by atoms with Crippen LogP contribution in [0.1, 0.15) is 50.3 Å². The molecule has 0 spiro atoms. The van der Waals surface area contributed by atoms with Gasteiger partial charge in [-0.25, -0.2) is 9.98 Å². The first-order chi connectivity index (χ1) is 9.93. The van der Waals surface area contributed by atoms with Gasteiger partial charge >= 0.3 is 0 Å². The largest absolute Gasteiger partial charge is 0.305 e. The maximum absolute atomic E-state index is 6.02. The van der Waals surface area contributed by atoms with Crippen LogP contribution in [0.3, 0.4) is 0 Å². The first-order valence-electron chi connectivity index (χ1n) is 7.01. The monoisotopic (exact) mass is 322 g/mol. The van der Waals surface area contributed by atoms with Gasteiger partial charge in [-0.1, -0.05) is 37.7 Å². The molecular weight excluding hydrogens is 304 g/mol. The molecule has 0 radical (unpaired) electrons. The topological polar surface area (TPSA) is 63.6 Å². The molecule has 21 heavy (non-hydrogen) atoms. The van der Waals surface area contributed by atoms with Gasteiger partial charge in [0.1, 0.15) is 17.2 Å². The van der Waals surface area contributed by atoms with Crippen molar-refractivity contribution in [2.75, 3.05) is 0 Å². The van der Waals surface area contributed by atoms with E-state index >= 15 is 0 Å². The number of rotatable bonds is 4. The summed E-state index contributed by atoms with van der Waals surface area (Å²) in [6.07, 6.45) is 2.31. The maximum atomic E-state index is 6.02. The molecule has 2 heterocycles. The van der Waals surface area contributed by atoms with Crippen molar-refractivity contribution < 1.29 is 0 Å². The van der Waals surface area contributed by atoms with E-state index in [-0.39, 0.29) is 11.1 Å². The lowest BCUT2D eigenvalue weighted by Gasteiger charge is -2.19. The number of nitrogens with zero attached hydrogens (tertiary/aromatic N) is 3. The van der Waals surface area contributed by atoms with Gasteiger partial charge in [0, 0.05) is 6.20 Å². The third-order valence-corrected chi connectivity index (χ3v) is 4.61. The van der Waals surface area contributed by atoms with Crippen molar-refractivity contribution in [2.24, 2.45) is 15.7 Å². The molecule has 0 aliphatic carbocycles. The molecule has 112 valence electrons. The fourth-order valence-electron chi connectivity index (χ4n) is 2.09. The molecule has 2 rings (SSSR count). The molecular formula is C15H19ClN4S. The summed E-state index contributed by atoms with van der Waals surface area (Å²) in [6, 6.07) is 4.15. The second-order valence-electron chi connectivity index (χ2n) is 5.24. The molecule has 0 aromatic carbocycles. The van der Waals surface area contributed by atoms with Crippen LogP contribution in [-0.2, 0) is 0 Å². The van der Waals surface area contributed by atoms with Gasteiger partial charge in [0.2, 0.25) is 0 Å². The van der Waals surface area contributed by atoms with E-state index in [2.05, 4.69) is 34.9 Å². The fourth-order valence-corrected chi connectivity index (χ4v) is 2.39. The summed E-state index contributed by atoms with van der Waals surface area (Å²) >= 11 is 11.1. The smallest absolute Gasteiger partial charge is 0.148 e. The molecule has 3 unspecified atom stereocenters. The minimum atomic E-state index is -0.597. The number of halogens is 1. The highest BCUT2D eigenvalue weighted by Gasteiger charge is 2.24. The highest BCUT2D eigenvalue weighted by atomic mass is 35.5. The lowest BCUT2D eigenvalue weighted by Crippen LogP contribution is -2.36. The lowest BCUT2D eigenvalue weighted by molar-refractivity contribution is 0.727. The Bertz CT molecular complexity index is 611. The van der Waals surface area contributed by atoms with Gasteiger partial charge in [-0.3, -0.25) is 4.98 Å². The number of pyridine rings is 1. The summed E-state index contributed by atoms with van der Waals surface area (Å²) in [4.78, 5) is 13.4. The third kappa shape index (κ3) is 3.54. The zero-order chi connectivity index (χ0) is 15.6. The van der Waals surface area contributed by atoms with Gasteiger partial charge in [0.25, 0.3) is 0 Å². The Balaban J connectivity index is 2.31. The Labute approximate surface area is 135 Å². The summed E-state index contributed by atoms with van der Waals surface area (Å²) in [5.41, 5.74) is 8.04. The van der Waals surface area contributed by atoms with Crippen molar-refractivity contribution in [3.8, 4) is 0 Å². The van der Waals surface area contributed by atoms with E-state index in [0.717, 1.165) is 12.1 Å². The van der Waals surface area contributed by atoms with Gasteiger partial charge in [-0.05, 0) is 37.0 Å². The zero-order valence-corrected chi connectivity index (χ0v) is 13.9. The molecule has 1 aliphatic rings. The van der Waals surface area contributed by atoms with Crippen molar-refractivity contribution in [3.05, 3.63) is 29.6 Å². The summed E-state index contributed by atoms with van der Waals surface area (Å²) in [6.45, 7) is 6.37. The van der Waals surface area contributed by atoms with Crippen molar-refractivity contribution >= 4 is 39.7 Å². The number of amidine groups is 1. The second-order valence-corrected chi connectivity index (χ2v) is 6.04. The van der Waals surface area contributed by atoms with E-state index < -0.39 is 6.17 Å². The van der Waals surface area contributed by atoms with Crippen LogP contribution in [-0.4, -0.2) is 27.0 Å². The van der Waals surface area contributed by atoms with E-state index in [1.807, 2.05) is 19.2 Å². The summed E-state index contributed by atoms with van der Waals surface area (Å²) in [5.74, 6) is 1.00. The average molecular weight is 323 g/mol. The van der Waals surface area contributed by atoms with E-state index in [1.54, 1.807) is 0 Å². The van der Waals surface area contributed by atoms with Crippen molar-refractivity contribution in [1.82, 2.24) is 4.98 Å². The number of hydrogen-bond acceptors (Lipinski definition) is 5. The second kappa shape index (κ2) is 6.73. The van der Waals surface area contributed by atoms with E-state index in [0.29, 0.717) is 16.6 Å². The average Bonchev–Trinajstić information content (AvgIpc) is 2.50. The Hall–Kier alpha value is -1.17. The van der Waals surface area contributed by atoms with Gasteiger partial charge in [-0.15, -0.1) is 0 Å². The lowest BCUT2D eigenvalue weighted by atomic mass is 9.96. The van der Waals surface area contributed by atoms with Crippen LogP contribution < -0.4 is 5.73 Å². The molecule has 1 aromatic rings. The number of nitrogens with two attached hydrogens (primary N) is 1. The number of hydrogen-bond donors (Lipinski definition) is 1. The molecule has 0 saturated carbocycles. The number of aliphatic imine (C=N–C) groups is 2. The molecule has 0 amide bonds. The third-order valence-electron chi connectivity index (χ3n) is 3.77. The molecule has 0 bridgehead atoms. The van der Waals surface area contributed by atoms with Crippen LogP contribution >= 0.6 is 23.8 Å². The van der Waals surface area contributed by atoms with Crippen LogP contribution in [0.25, 0.3) is 0 Å². The van der Waals surface area contributed by atoms with Gasteiger partial charge in [0.05, 0.1) is 16.5 Å². The molecule has 3 atom stereocenters. The first kappa shape index (κ1) is 16.2. The standard InChI is InChI=1S/C15H19ClN4S/c1-4-8(2)10-5-6-18-11(7-10)9(3)15-19-13(16)12(21)14(17)20-15/h5-9,14H,4,17H2,1-3H3. The van der Waals surface area contributed by atoms with E-state index in [1.165, 1.54) is 5.56 Å². The van der Waals surface area contributed by atoms with Crippen LogP contribution in [0.15, 0.2) is 28.3 Å². The normalized spacial score (nSPS) is 21.6. The van der Waals surface area contributed by atoms with Crippen LogP contribution in [0.4, 0.5) is 0 Å². The Morgan fingerprint density at radius 1 is 1.43 bits per heavy atom. The Morgan fingerprint density at radius 3 is 2.76 bits per heavy atom. The number of aromatic nitrogens is 1. The molecule has 0 saturated heterocycles.